The summed E-state index contributed by atoms with van der Waals surface area (Å²) in [6, 6.07) is 13.7. The zero-order valence-electron chi connectivity index (χ0n) is 20.4. The Morgan fingerprint density at radius 1 is 0.610 bits per heavy atom. The average molecular weight is 579 g/mol. The van der Waals surface area contributed by atoms with Crippen LogP contribution in [0.15, 0.2) is 83.0 Å². The van der Waals surface area contributed by atoms with Gasteiger partial charge in [-0.2, -0.15) is 46.5 Å². The topological polar surface area (TPSA) is 86.6 Å². The van der Waals surface area contributed by atoms with E-state index in [1.807, 2.05) is 0 Å². The normalized spacial score (nSPS) is 12.2. The Hall–Kier alpha value is -5.08. The van der Waals surface area contributed by atoms with Gasteiger partial charge in [-0.05, 0) is 48.5 Å². The molecule has 0 spiro atoms. The number of hydrogen-bond acceptors (Lipinski definition) is 7. The second-order valence-corrected chi connectivity index (χ2v) is 8.16. The first-order valence-corrected chi connectivity index (χ1v) is 11.4. The van der Waals surface area contributed by atoms with Crippen molar-refractivity contribution in [3.8, 4) is 0 Å². The summed E-state index contributed by atoms with van der Waals surface area (Å²) in [4.78, 5) is 8.21. The molecule has 212 valence electrons. The summed E-state index contributed by atoms with van der Waals surface area (Å²) in [6.45, 7) is 0. The fourth-order valence-electron chi connectivity index (χ4n) is 3.25. The molecular formula is C26H17F8N7. The third-order valence-corrected chi connectivity index (χ3v) is 5.17. The van der Waals surface area contributed by atoms with Crippen LogP contribution in [-0.4, -0.2) is 22.4 Å². The van der Waals surface area contributed by atoms with Crippen molar-refractivity contribution in [1.29, 1.82) is 0 Å². The van der Waals surface area contributed by atoms with Crippen LogP contribution in [0.3, 0.4) is 0 Å². The van der Waals surface area contributed by atoms with E-state index in [1.165, 1.54) is 6.07 Å². The van der Waals surface area contributed by atoms with Crippen LogP contribution in [0.1, 0.15) is 22.3 Å². The van der Waals surface area contributed by atoms with Crippen LogP contribution in [0.5, 0.6) is 0 Å². The van der Waals surface area contributed by atoms with Gasteiger partial charge in [-0.3, -0.25) is 5.43 Å². The molecule has 0 aliphatic carbocycles. The lowest BCUT2D eigenvalue weighted by Crippen LogP contribution is -2.07. The highest BCUT2D eigenvalue weighted by atomic mass is 19.4. The van der Waals surface area contributed by atoms with Gasteiger partial charge in [0.05, 0.1) is 23.6 Å². The van der Waals surface area contributed by atoms with Crippen LogP contribution < -0.4 is 16.2 Å². The van der Waals surface area contributed by atoms with Crippen molar-refractivity contribution in [3.63, 3.8) is 0 Å². The first-order chi connectivity index (χ1) is 19.4. The predicted octanol–water partition coefficient (Wildman–Crippen LogP) is 7.43. The van der Waals surface area contributed by atoms with Crippen LogP contribution in [-0.2, 0) is 12.4 Å². The standard InChI is InChI=1S/C26H17F8N7/c27-20-8-6-17(25(29,30)31)10-15(20)13-35-40-23-12-22(37-19-4-2-1-3-5-19)38-24(39-23)41-36-14-16-11-18(26(32,33)34)7-9-21(16)28/h1-14H,(H3,37,38,39,40,41). The van der Waals surface area contributed by atoms with Gasteiger partial charge in [-0.15, -0.1) is 0 Å². The van der Waals surface area contributed by atoms with Crippen molar-refractivity contribution in [2.75, 3.05) is 16.2 Å². The average Bonchev–Trinajstić information content (AvgIpc) is 2.90. The van der Waals surface area contributed by atoms with Gasteiger partial charge in [0.2, 0.25) is 5.95 Å². The molecule has 15 heteroatoms. The fraction of sp³-hybridized carbons (Fsp3) is 0.0769. The van der Waals surface area contributed by atoms with Crippen LogP contribution in [0.25, 0.3) is 0 Å². The van der Waals surface area contributed by atoms with Gasteiger partial charge in [0, 0.05) is 22.9 Å². The Morgan fingerprint density at radius 3 is 1.66 bits per heavy atom. The number of aromatic nitrogens is 2. The molecule has 0 fully saturated rings. The quantitative estimate of drug-likeness (QED) is 0.115. The highest BCUT2D eigenvalue weighted by molar-refractivity contribution is 5.81. The predicted molar refractivity (Wildman–Crippen MR) is 137 cm³/mol. The van der Waals surface area contributed by atoms with E-state index in [9.17, 15) is 35.1 Å². The van der Waals surface area contributed by atoms with E-state index in [0.717, 1.165) is 12.4 Å². The zero-order chi connectivity index (χ0) is 29.6. The lowest BCUT2D eigenvalue weighted by molar-refractivity contribution is -0.138. The van der Waals surface area contributed by atoms with Crippen molar-refractivity contribution < 1.29 is 35.1 Å². The van der Waals surface area contributed by atoms with E-state index in [0.29, 0.717) is 42.1 Å². The summed E-state index contributed by atoms with van der Waals surface area (Å²) in [5.74, 6) is -2.00. The first-order valence-electron chi connectivity index (χ1n) is 11.4. The molecule has 0 saturated heterocycles. The minimum atomic E-state index is -4.69. The lowest BCUT2D eigenvalue weighted by atomic mass is 10.1. The molecule has 0 aliphatic rings. The number of para-hydroxylation sites is 1. The van der Waals surface area contributed by atoms with E-state index in [4.69, 9.17) is 0 Å². The van der Waals surface area contributed by atoms with Crippen molar-refractivity contribution in [3.05, 3.63) is 107 Å². The fourth-order valence-corrected chi connectivity index (χ4v) is 3.25. The minimum Gasteiger partial charge on any atom is -0.340 e. The smallest absolute Gasteiger partial charge is 0.340 e. The van der Waals surface area contributed by atoms with Crippen LogP contribution >= 0.6 is 0 Å². The first kappa shape index (κ1) is 28.9. The highest BCUT2D eigenvalue weighted by Crippen LogP contribution is 2.31. The molecule has 1 heterocycles. The van der Waals surface area contributed by atoms with Gasteiger partial charge >= 0.3 is 12.4 Å². The number of hydrogen-bond donors (Lipinski definition) is 3. The number of anilines is 4. The Balaban J connectivity index is 1.58. The van der Waals surface area contributed by atoms with E-state index >= 15 is 0 Å². The van der Waals surface area contributed by atoms with Crippen LogP contribution in [0.4, 0.5) is 58.4 Å². The molecule has 3 N–H and O–H groups in total. The Bertz CT molecular complexity index is 1480. The maximum Gasteiger partial charge on any atom is 0.416 e. The second-order valence-electron chi connectivity index (χ2n) is 8.16. The SMILES string of the molecule is Fc1ccc(C(F)(F)F)cc1C=NNc1cc(Nc2ccccc2)nc(NN=Cc2cc(C(F)(F)F)ccc2F)n1. The number of halogens is 8. The molecule has 0 atom stereocenters. The van der Waals surface area contributed by atoms with Gasteiger partial charge in [0.15, 0.2) is 5.82 Å². The van der Waals surface area contributed by atoms with Crippen LogP contribution in [0.2, 0.25) is 0 Å². The molecule has 3 aromatic carbocycles. The van der Waals surface area contributed by atoms with Crippen molar-refractivity contribution >= 4 is 35.7 Å². The molecule has 0 saturated carbocycles. The Morgan fingerprint density at radius 2 is 1.12 bits per heavy atom. The number of nitrogens with one attached hydrogen (secondary N) is 3. The van der Waals surface area contributed by atoms with E-state index in [-0.39, 0.29) is 17.6 Å². The van der Waals surface area contributed by atoms with Crippen LogP contribution in [0, 0.1) is 11.6 Å². The summed E-state index contributed by atoms with van der Waals surface area (Å²) in [5, 5.41) is 10.4. The Kier molecular flexibility index (Phi) is 8.45. The zero-order valence-corrected chi connectivity index (χ0v) is 20.4. The number of rotatable bonds is 8. The maximum atomic E-state index is 14.0. The molecular weight excluding hydrogens is 562 g/mol. The minimum absolute atomic E-state index is 0.0370. The largest absolute Gasteiger partial charge is 0.416 e. The Labute approximate surface area is 226 Å². The van der Waals surface area contributed by atoms with Gasteiger partial charge in [0.1, 0.15) is 17.5 Å². The molecule has 7 nitrogen and oxygen atoms in total. The van der Waals surface area contributed by atoms with Gasteiger partial charge in [0.25, 0.3) is 0 Å². The summed E-state index contributed by atoms with van der Waals surface area (Å²) in [6.07, 6.45) is -7.76. The summed E-state index contributed by atoms with van der Waals surface area (Å²) in [5.41, 5.74) is 2.35. The molecule has 0 amide bonds. The van der Waals surface area contributed by atoms with Crippen molar-refractivity contribution in [2.24, 2.45) is 10.2 Å². The lowest BCUT2D eigenvalue weighted by Gasteiger charge is -2.10. The van der Waals surface area contributed by atoms with Gasteiger partial charge < -0.3 is 5.32 Å². The number of benzene rings is 3. The molecule has 1 aromatic heterocycles. The summed E-state index contributed by atoms with van der Waals surface area (Å²) in [7, 11) is 0. The number of hydrazone groups is 2. The van der Waals surface area contributed by atoms with E-state index in [2.05, 4.69) is 36.3 Å². The van der Waals surface area contributed by atoms with Gasteiger partial charge in [-0.1, -0.05) is 18.2 Å². The van der Waals surface area contributed by atoms with E-state index in [1.54, 1.807) is 30.3 Å². The third kappa shape index (κ3) is 7.97. The number of alkyl halides is 6. The van der Waals surface area contributed by atoms with Gasteiger partial charge in [-0.25, -0.2) is 14.2 Å². The molecule has 0 aliphatic heterocycles. The highest BCUT2D eigenvalue weighted by Gasteiger charge is 2.31. The monoisotopic (exact) mass is 579 g/mol. The second kappa shape index (κ2) is 12.0. The van der Waals surface area contributed by atoms with Crippen molar-refractivity contribution in [2.45, 2.75) is 12.4 Å². The summed E-state index contributed by atoms with van der Waals surface area (Å²) < 4.78 is 106. The third-order valence-electron chi connectivity index (χ3n) is 5.17. The number of nitrogens with zero attached hydrogens (tertiary/aromatic N) is 4. The van der Waals surface area contributed by atoms with E-state index < -0.39 is 46.2 Å². The summed E-state index contributed by atoms with van der Waals surface area (Å²) >= 11 is 0. The molecule has 4 aromatic rings. The molecule has 0 radical (unpaired) electrons. The molecule has 0 unspecified atom stereocenters. The molecule has 4 rings (SSSR count). The molecule has 41 heavy (non-hydrogen) atoms. The maximum absolute atomic E-state index is 14.0. The molecule has 0 bridgehead atoms. The van der Waals surface area contributed by atoms with Crippen molar-refractivity contribution in [1.82, 2.24) is 9.97 Å².